The number of benzene rings is 1. The number of nitrogens with one attached hydrogen (secondary N) is 2. The Kier molecular flexibility index (Phi) is 3.68. The van der Waals surface area contributed by atoms with Gasteiger partial charge in [0.05, 0.1) is 0 Å². The van der Waals surface area contributed by atoms with Crippen molar-refractivity contribution >= 4 is 24.0 Å². The van der Waals surface area contributed by atoms with E-state index in [2.05, 4.69) is 45.8 Å². The van der Waals surface area contributed by atoms with Crippen LogP contribution in [0.1, 0.15) is 11.3 Å². The molecule has 0 spiro atoms. The fraction of sp³-hybridized carbons (Fsp3) is 0.286. The fourth-order valence-corrected chi connectivity index (χ4v) is 2.95. The minimum atomic E-state index is 0.713. The van der Waals surface area contributed by atoms with E-state index in [0.717, 1.165) is 36.5 Å². The number of hydrogen-bond donors (Lipinski definition) is 2. The SMILES string of the molecule is CSc1ccc(-c2nc(=S)c3c([nH]2)CCNC3)cc1. The lowest BCUT2D eigenvalue weighted by Gasteiger charge is -2.17. The van der Waals surface area contributed by atoms with Gasteiger partial charge < -0.3 is 10.3 Å². The number of hydrogen-bond acceptors (Lipinski definition) is 4. The molecular formula is C14H15N3S2. The molecule has 1 aliphatic heterocycles. The Hall–Kier alpha value is -1.17. The Labute approximate surface area is 121 Å². The molecule has 2 heterocycles. The molecule has 0 fully saturated rings. The van der Waals surface area contributed by atoms with E-state index >= 15 is 0 Å². The van der Waals surface area contributed by atoms with Crippen LogP contribution in [-0.4, -0.2) is 22.8 Å². The lowest BCUT2D eigenvalue weighted by molar-refractivity contribution is 0.624. The standard InChI is InChI=1S/C14H15N3S2/c1-19-10-4-2-9(3-5-10)13-16-12-6-7-15-8-11(12)14(18)17-13/h2-5,15H,6-8H2,1H3,(H,16,17,18). The van der Waals surface area contributed by atoms with Gasteiger partial charge in [0.1, 0.15) is 10.5 Å². The maximum absolute atomic E-state index is 5.40. The third kappa shape index (κ3) is 2.59. The summed E-state index contributed by atoms with van der Waals surface area (Å²) < 4.78 is 0.713. The second-order valence-electron chi connectivity index (χ2n) is 4.50. The van der Waals surface area contributed by atoms with Crippen LogP contribution >= 0.6 is 24.0 Å². The van der Waals surface area contributed by atoms with Crippen molar-refractivity contribution in [3.05, 3.63) is 40.2 Å². The Morgan fingerprint density at radius 2 is 2.05 bits per heavy atom. The molecular weight excluding hydrogens is 274 g/mol. The smallest absolute Gasteiger partial charge is 0.139 e. The van der Waals surface area contributed by atoms with E-state index in [4.69, 9.17) is 12.2 Å². The Bertz CT molecular complexity index is 647. The summed E-state index contributed by atoms with van der Waals surface area (Å²) in [6, 6.07) is 8.40. The first-order valence-corrected chi connectivity index (χ1v) is 7.88. The van der Waals surface area contributed by atoms with Gasteiger partial charge in [0, 0.05) is 41.2 Å². The summed E-state index contributed by atoms with van der Waals surface area (Å²) in [5.41, 5.74) is 3.46. The van der Waals surface area contributed by atoms with Crippen LogP contribution in [0.2, 0.25) is 0 Å². The third-order valence-corrected chi connectivity index (χ3v) is 4.40. The van der Waals surface area contributed by atoms with Gasteiger partial charge in [-0.05, 0) is 18.4 Å². The summed E-state index contributed by atoms with van der Waals surface area (Å²) in [6.45, 7) is 1.82. The zero-order chi connectivity index (χ0) is 13.2. The van der Waals surface area contributed by atoms with Crippen LogP contribution in [0, 0.1) is 4.64 Å². The van der Waals surface area contributed by atoms with E-state index in [1.165, 1.54) is 10.6 Å². The molecule has 5 heteroatoms. The molecule has 0 saturated carbocycles. The average Bonchev–Trinajstić information content (AvgIpc) is 2.47. The lowest BCUT2D eigenvalue weighted by atomic mass is 10.1. The van der Waals surface area contributed by atoms with Crippen LogP contribution < -0.4 is 5.32 Å². The van der Waals surface area contributed by atoms with Crippen molar-refractivity contribution in [2.45, 2.75) is 17.9 Å². The van der Waals surface area contributed by atoms with Gasteiger partial charge in [0.15, 0.2) is 0 Å². The largest absolute Gasteiger partial charge is 0.343 e. The van der Waals surface area contributed by atoms with Gasteiger partial charge in [0.2, 0.25) is 0 Å². The molecule has 0 atom stereocenters. The highest BCUT2D eigenvalue weighted by Gasteiger charge is 2.13. The van der Waals surface area contributed by atoms with Gasteiger partial charge in [-0.25, -0.2) is 4.98 Å². The van der Waals surface area contributed by atoms with Crippen LogP contribution in [-0.2, 0) is 13.0 Å². The predicted octanol–water partition coefficient (Wildman–Crippen LogP) is 3.17. The first-order chi connectivity index (χ1) is 9.28. The molecule has 1 aromatic heterocycles. The molecule has 0 bridgehead atoms. The first-order valence-electron chi connectivity index (χ1n) is 6.25. The second-order valence-corrected chi connectivity index (χ2v) is 5.77. The highest BCUT2D eigenvalue weighted by molar-refractivity contribution is 7.98. The van der Waals surface area contributed by atoms with Crippen LogP contribution in [0.4, 0.5) is 0 Å². The van der Waals surface area contributed by atoms with Crippen molar-refractivity contribution in [3.8, 4) is 11.4 Å². The molecule has 0 unspecified atom stereocenters. The number of thioether (sulfide) groups is 1. The Morgan fingerprint density at radius 1 is 1.26 bits per heavy atom. The zero-order valence-electron chi connectivity index (χ0n) is 10.7. The molecule has 3 nitrogen and oxygen atoms in total. The van der Waals surface area contributed by atoms with Crippen LogP contribution in [0.5, 0.6) is 0 Å². The summed E-state index contributed by atoms with van der Waals surface area (Å²) in [5, 5.41) is 3.33. The fourth-order valence-electron chi connectivity index (χ4n) is 2.25. The molecule has 19 heavy (non-hydrogen) atoms. The normalized spacial score (nSPS) is 14.2. The highest BCUT2D eigenvalue weighted by atomic mass is 32.2. The maximum Gasteiger partial charge on any atom is 0.139 e. The minimum Gasteiger partial charge on any atom is -0.343 e. The molecule has 98 valence electrons. The van der Waals surface area contributed by atoms with Gasteiger partial charge in [-0.3, -0.25) is 0 Å². The predicted molar refractivity (Wildman–Crippen MR) is 82.0 cm³/mol. The highest BCUT2D eigenvalue weighted by Crippen LogP contribution is 2.22. The zero-order valence-corrected chi connectivity index (χ0v) is 12.3. The van der Waals surface area contributed by atoms with E-state index in [1.807, 2.05) is 0 Å². The van der Waals surface area contributed by atoms with Crippen molar-refractivity contribution < 1.29 is 0 Å². The van der Waals surface area contributed by atoms with Crippen molar-refractivity contribution in [2.24, 2.45) is 0 Å². The van der Waals surface area contributed by atoms with Crippen LogP contribution in [0.25, 0.3) is 11.4 Å². The molecule has 0 aliphatic carbocycles. The molecule has 1 aromatic carbocycles. The maximum atomic E-state index is 5.40. The average molecular weight is 289 g/mol. The van der Waals surface area contributed by atoms with Crippen molar-refractivity contribution in [3.63, 3.8) is 0 Å². The topological polar surface area (TPSA) is 40.7 Å². The molecule has 0 amide bonds. The molecule has 0 radical (unpaired) electrons. The molecule has 1 aliphatic rings. The van der Waals surface area contributed by atoms with E-state index in [0.29, 0.717) is 4.64 Å². The molecule has 2 N–H and O–H groups in total. The van der Waals surface area contributed by atoms with Crippen molar-refractivity contribution in [2.75, 3.05) is 12.8 Å². The summed E-state index contributed by atoms with van der Waals surface area (Å²) in [4.78, 5) is 9.21. The van der Waals surface area contributed by atoms with Gasteiger partial charge in [-0.15, -0.1) is 11.8 Å². The summed E-state index contributed by atoms with van der Waals surface area (Å²) in [5.74, 6) is 0.873. The molecule has 2 aromatic rings. The second kappa shape index (κ2) is 5.45. The summed E-state index contributed by atoms with van der Waals surface area (Å²) >= 11 is 7.14. The van der Waals surface area contributed by atoms with E-state index in [-0.39, 0.29) is 0 Å². The number of aromatic nitrogens is 2. The quantitative estimate of drug-likeness (QED) is 0.658. The van der Waals surface area contributed by atoms with E-state index in [9.17, 15) is 0 Å². The summed E-state index contributed by atoms with van der Waals surface area (Å²) in [7, 11) is 0. The van der Waals surface area contributed by atoms with Crippen molar-refractivity contribution in [1.82, 2.24) is 15.3 Å². The van der Waals surface area contributed by atoms with E-state index < -0.39 is 0 Å². The Morgan fingerprint density at radius 3 is 2.79 bits per heavy atom. The third-order valence-electron chi connectivity index (χ3n) is 3.32. The van der Waals surface area contributed by atoms with Gasteiger partial charge in [-0.1, -0.05) is 24.4 Å². The minimum absolute atomic E-state index is 0.713. The molecule has 3 rings (SSSR count). The number of aromatic amines is 1. The lowest BCUT2D eigenvalue weighted by Crippen LogP contribution is -2.25. The first kappa shape index (κ1) is 12.8. The number of nitrogens with zero attached hydrogens (tertiary/aromatic N) is 1. The van der Waals surface area contributed by atoms with Crippen LogP contribution in [0.3, 0.4) is 0 Å². The molecule has 0 saturated heterocycles. The summed E-state index contributed by atoms with van der Waals surface area (Å²) in [6.07, 6.45) is 3.06. The Balaban J connectivity index is 2.05. The van der Waals surface area contributed by atoms with E-state index in [1.54, 1.807) is 11.8 Å². The van der Waals surface area contributed by atoms with Gasteiger partial charge in [-0.2, -0.15) is 0 Å². The number of H-pyrrole nitrogens is 1. The van der Waals surface area contributed by atoms with Crippen LogP contribution in [0.15, 0.2) is 29.2 Å². The number of fused-ring (bicyclic) bond motifs is 1. The van der Waals surface area contributed by atoms with Gasteiger partial charge >= 0.3 is 0 Å². The monoisotopic (exact) mass is 289 g/mol. The van der Waals surface area contributed by atoms with Gasteiger partial charge in [0.25, 0.3) is 0 Å². The van der Waals surface area contributed by atoms with Crippen molar-refractivity contribution in [1.29, 1.82) is 0 Å². The number of rotatable bonds is 2.